The summed E-state index contributed by atoms with van der Waals surface area (Å²) >= 11 is 5.87. The van der Waals surface area contributed by atoms with Crippen LogP contribution in [0, 0.1) is 11.3 Å². The van der Waals surface area contributed by atoms with Crippen molar-refractivity contribution in [2.24, 2.45) is 0 Å². The van der Waals surface area contributed by atoms with E-state index < -0.39 is 17.2 Å². The first-order valence-electron chi connectivity index (χ1n) is 9.16. The van der Waals surface area contributed by atoms with Crippen molar-refractivity contribution in [3.63, 3.8) is 0 Å². The normalized spacial score (nSPS) is 11.0. The number of aromatic carboxylic acids is 1. The molecule has 0 spiro atoms. The second-order valence-electron chi connectivity index (χ2n) is 6.90. The van der Waals surface area contributed by atoms with Gasteiger partial charge in [-0.05, 0) is 41.3 Å². The first kappa shape index (κ1) is 21.0. The van der Waals surface area contributed by atoms with E-state index in [4.69, 9.17) is 11.6 Å². The molecule has 3 aromatic rings. The minimum absolute atomic E-state index is 0.0341. The van der Waals surface area contributed by atoms with Gasteiger partial charge in [-0.1, -0.05) is 61.9 Å². The summed E-state index contributed by atoms with van der Waals surface area (Å²) in [6.45, 7) is 4.18. The highest BCUT2D eigenvalue weighted by atomic mass is 35.5. The van der Waals surface area contributed by atoms with E-state index in [1.165, 1.54) is 23.8 Å². The minimum Gasteiger partial charge on any atom is -0.476 e. The fourth-order valence-electron chi connectivity index (χ4n) is 2.90. The molecule has 0 saturated carbocycles. The van der Waals surface area contributed by atoms with Gasteiger partial charge in [-0.25, -0.2) is 4.79 Å². The standard InChI is InChI=1S/C23H18ClN3O3/c1-14(2)16-6-3-15(4-7-16)5-12-19-20(13-25)22(28)27(26-21(19)23(29)30)18-10-8-17(24)9-11-18/h3-12,14H,1-2H3,(H,29,30)/b12-5-. The smallest absolute Gasteiger partial charge is 0.357 e. The zero-order valence-electron chi connectivity index (χ0n) is 16.3. The fourth-order valence-corrected chi connectivity index (χ4v) is 3.02. The van der Waals surface area contributed by atoms with Crippen LogP contribution in [0.25, 0.3) is 17.8 Å². The lowest BCUT2D eigenvalue weighted by atomic mass is 10.0. The van der Waals surface area contributed by atoms with E-state index in [0.717, 1.165) is 10.2 Å². The number of nitrogens with zero attached hydrogens (tertiary/aromatic N) is 3. The maximum atomic E-state index is 12.8. The van der Waals surface area contributed by atoms with E-state index in [1.807, 2.05) is 30.3 Å². The molecule has 150 valence electrons. The molecule has 0 bridgehead atoms. The van der Waals surface area contributed by atoms with E-state index in [1.54, 1.807) is 18.2 Å². The Kier molecular flexibility index (Phi) is 6.14. The van der Waals surface area contributed by atoms with Crippen LogP contribution in [-0.2, 0) is 0 Å². The molecule has 6 nitrogen and oxygen atoms in total. The lowest BCUT2D eigenvalue weighted by molar-refractivity contribution is 0.0688. The van der Waals surface area contributed by atoms with Gasteiger partial charge < -0.3 is 5.11 Å². The topological polar surface area (TPSA) is 96.0 Å². The van der Waals surface area contributed by atoms with Crippen LogP contribution < -0.4 is 5.56 Å². The van der Waals surface area contributed by atoms with E-state index in [0.29, 0.717) is 16.6 Å². The summed E-state index contributed by atoms with van der Waals surface area (Å²) in [4.78, 5) is 24.7. The van der Waals surface area contributed by atoms with Gasteiger partial charge in [0.2, 0.25) is 0 Å². The predicted molar refractivity (Wildman–Crippen MR) is 116 cm³/mol. The highest BCUT2D eigenvalue weighted by Crippen LogP contribution is 2.19. The maximum Gasteiger partial charge on any atom is 0.357 e. The molecular weight excluding hydrogens is 402 g/mol. The van der Waals surface area contributed by atoms with Gasteiger partial charge in [0.25, 0.3) is 5.56 Å². The molecule has 7 heteroatoms. The first-order chi connectivity index (χ1) is 14.3. The molecule has 3 rings (SSSR count). The molecule has 0 unspecified atom stereocenters. The van der Waals surface area contributed by atoms with Gasteiger partial charge in [0.1, 0.15) is 11.6 Å². The fraction of sp³-hybridized carbons (Fsp3) is 0.130. The van der Waals surface area contributed by atoms with Gasteiger partial charge in [0, 0.05) is 10.6 Å². The van der Waals surface area contributed by atoms with E-state index in [2.05, 4.69) is 18.9 Å². The summed E-state index contributed by atoms with van der Waals surface area (Å²) < 4.78 is 0.896. The van der Waals surface area contributed by atoms with Crippen molar-refractivity contribution in [2.75, 3.05) is 0 Å². The molecule has 0 fully saturated rings. The largest absolute Gasteiger partial charge is 0.476 e. The van der Waals surface area contributed by atoms with Crippen molar-refractivity contribution in [3.8, 4) is 11.8 Å². The number of hydrogen-bond donors (Lipinski definition) is 1. The average Bonchev–Trinajstić information content (AvgIpc) is 2.73. The van der Waals surface area contributed by atoms with Gasteiger partial charge in [-0.15, -0.1) is 0 Å². The third-order valence-electron chi connectivity index (χ3n) is 4.56. The molecule has 0 aliphatic carbocycles. The lowest BCUT2D eigenvalue weighted by Crippen LogP contribution is -2.28. The Labute approximate surface area is 178 Å². The molecule has 0 atom stereocenters. The van der Waals surface area contributed by atoms with Gasteiger partial charge in [-0.3, -0.25) is 4.79 Å². The number of carboxylic acid groups (broad SMARTS) is 1. The third kappa shape index (κ3) is 4.32. The number of aromatic nitrogens is 2. The summed E-state index contributed by atoms with van der Waals surface area (Å²) in [6, 6.07) is 15.7. The Bertz CT molecular complexity index is 1220. The molecule has 1 N–H and O–H groups in total. The molecule has 1 heterocycles. The SMILES string of the molecule is CC(C)c1ccc(/C=C\c2c(C(=O)O)nn(-c3ccc(Cl)cc3)c(=O)c2C#N)cc1. The molecule has 0 aliphatic heterocycles. The maximum absolute atomic E-state index is 12.8. The Hall–Kier alpha value is -3.69. The monoisotopic (exact) mass is 419 g/mol. The molecule has 0 saturated heterocycles. The number of nitriles is 1. The van der Waals surface area contributed by atoms with Crippen LogP contribution in [-0.4, -0.2) is 20.9 Å². The predicted octanol–water partition coefficient (Wildman–Crippen LogP) is 4.75. The van der Waals surface area contributed by atoms with E-state index in [-0.39, 0.29) is 11.1 Å². The highest BCUT2D eigenvalue weighted by Gasteiger charge is 2.21. The minimum atomic E-state index is -1.34. The Morgan fingerprint density at radius 3 is 2.30 bits per heavy atom. The number of carbonyl (C=O) groups is 1. The van der Waals surface area contributed by atoms with Crippen LogP contribution in [0.4, 0.5) is 0 Å². The number of halogens is 1. The van der Waals surface area contributed by atoms with Crippen molar-refractivity contribution in [1.29, 1.82) is 5.26 Å². The molecule has 0 aliphatic rings. The number of hydrogen-bond acceptors (Lipinski definition) is 4. The molecular formula is C23H18ClN3O3. The van der Waals surface area contributed by atoms with Crippen LogP contribution in [0.3, 0.4) is 0 Å². The van der Waals surface area contributed by atoms with Gasteiger partial charge >= 0.3 is 5.97 Å². The van der Waals surface area contributed by atoms with Crippen LogP contribution in [0.1, 0.15) is 52.5 Å². The molecule has 1 aromatic heterocycles. The van der Waals surface area contributed by atoms with Crippen LogP contribution in [0.15, 0.2) is 53.3 Å². The quantitative estimate of drug-likeness (QED) is 0.643. The number of benzene rings is 2. The molecule has 0 amide bonds. The molecule has 2 aromatic carbocycles. The van der Waals surface area contributed by atoms with Crippen molar-refractivity contribution < 1.29 is 9.90 Å². The number of carboxylic acids is 1. The van der Waals surface area contributed by atoms with Crippen LogP contribution in [0.2, 0.25) is 5.02 Å². The second kappa shape index (κ2) is 8.76. The highest BCUT2D eigenvalue weighted by molar-refractivity contribution is 6.30. The zero-order valence-corrected chi connectivity index (χ0v) is 17.1. The average molecular weight is 420 g/mol. The zero-order chi connectivity index (χ0) is 21.8. The molecule has 0 radical (unpaired) electrons. The van der Waals surface area contributed by atoms with Crippen LogP contribution in [0.5, 0.6) is 0 Å². The van der Waals surface area contributed by atoms with Gasteiger partial charge in [0.15, 0.2) is 5.69 Å². The number of rotatable bonds is 5. The van der Waals surface area contributed by atoms with Crippen LogP contribution >= 0.6 is 11.6 Å². The second-order valence-corrected chi connectivity index (χ2v) is 7.34. The van der Waals surface area contributed by atoms with Gasteiger partial charge in [-0.2, -0.15) is 15.0 Å². The Morgan fingerprint density at radius 2 is 1.77 bits per heavy atom. The lowest BCUT2D eigenvalue weighted by Gasteiger charge is -2.10. The van der Waals surface area contributed by atoms with Crippen molar-refractivity contribution in [2.45, 2.75) is 19.8 Å². The summed E-state index contributed by atoms with van der Waals surface area (Å²) in [5.41, 5.74) is 0.851. The Morgan fingerprint density at radius 1 is 1.13 bits per heavy atom. The summed E-state index contributed by atoms with van der Waals surface area (Å²) in [7, 11) is 0. The Balaban J connectivity index is 2.13. The third-order valence-corrected chi connectivity index (χ3v) is 4.81. The molecule has 30 heavy (non-hydrogen) atoms. The van der Waals surface area contributed by atoms with E-state index in [9.17, 15) is 20.0 Å². The first-order valence-corrected chi connectivity index (χ1v) is 9.54. The van der Waals surface area contributed by atoms with Crippen molar-refractivity contribution in [1.82, 2.24) is 9.78 Å². The summed E-state index contributed by atoms with van der Waals surface area (Å²) in [5.74, 6) is -0.958. The summed E-state index contributed by atoms with van der Waals surface area (Å²) in [5, 5.41) is 23.7. The van der Waals surface area contributed by atoms with E-state index >= 15 is 0 Å². The van der Waals surface area contributed by atoms with Crippen molar-refractivity contribution in [3.05, 3.63) is 91.9 Å². The van der Waals surface area contributed by atoms with Crippen molar-refractivity contribution >= 4 is 29.7 Å². The summed E-state index contributed by atoms with van der Waals surface area (Å²) in [6.07, 6.45) is 3.09. The van der Waals surface area contributed by atoms with Gasteiger partial charge in [0.05, 0.1) is 5.69 Å².